The predicted octanol–water partition coefficient (Wildman–Crippen LogP) is 2.49. The van der Waals surface area contributed by atoms with E-state index in [1.165, 1.54) is 0 Å². The summed E-state index contributed by atoms with van der Waals surface area (Å²) in [5, 5.41) is 6.29. The molecule has 0 aliphatic carbocycles. The van der Waals surface area contributed by atoms with Gasteiger partial charge in [0.05, 0.1) is 13.2 Å². The molecule has 2 amide bonds. The quantitative estimate of drug-likeness (QED) is 0.822. The van der Waals surface area contributed by atoms with Crippen molar-refractivity contribution < 1.29 is 9.53 Å². The third-order valence-electron chi connectivity index (χ3n) is 3.47. The number of benzene rings is 1. The largest absolute Gasteiger partial charge is 0.379 e. The normalized spacial score (nSPS) is 15.7. The first-order valence-corrected chi connectivity index (χ1v) is 7.64. The minimum atomic E-state index is -0.197. The summed E-state index contributed by atoms with van der Waals surface area (Å²) in [6.07, 6.45) is 0.933. The molecule has 0 unspecified atom stereocenters. The fourth-order valence-electron chi connectivity index (χ4n) is 2.18. The van der Waals surface area contributed by atoms with Crippen LogP contribution in [0.4, 0.5) is 10.5 Å². The van der Waals surface area contributed by atoms with Gasteiger partial charge in [-0.15, -0.1) is 0 Å². The lowest BCUT2D eigenvalue weighted by molar-refractivity contribution is 0.0375. The Kier molecular flexibility index (Phi) is 6.29. The third-order valence-corrected chi connectivity index (χ3v) is 3.88. The zero-order valence-electron chi connectivity index (χ0n) is 12.3. The second-order valence-electron chi connectivity index (χ2n) is 5.15. The Labute approximate surface area is 130 Å². The Balaban J connectivity index is 1.63. The van der Waals surface area contributed by atoms with E-state index in [0.29, 0.717) is 17.3 Å². The van der Waals surface area contributed by atoms with E-state index in [2.05, 4.69) is 15.5 Å². The van der Waals surface area contributed by atoms with Crippen LogP contribution < -0.4 is 10.6 Å². The summed E-state index contributed by atoms with van der Waals surface area (Å²) in [7, 11) is 0. The van der Waals surface area contributed by atoms with Gasteiger partial charge in [-0.2, -0.15) is 0 Å². The molecular formula is C15H22ClN3O2. The van der Waals surface area contributed by atoms with E-state index >= 15 is 0 Å². The summed E-state index contributed by atoms with van der Waals surface area (Å²) in [4.78, 5) is 14.1. The molecule has 0 saturated carbocycles. The highest BCUT2D eigenvalue weighted by molar-refractivity contribution is 6.31. The zero-order chi connectivity index (χ0) is 15.1. The second kappa shape index (κ2) is 8.22. The maximum atomic E-state index is 11.8. The number of anilines is 1. The summed E-state index contributed by atoms with van der Waals surface area (Å²) in [5.74, 6) is 0. The van der Waals surface area contributed by atoms with E-state index in [0.717, 1.165) is 44.8 Å². The molecule has 2 rings (SSSR count). The number of ether oxygens (including phenoxy) is 1. The zero-order valence-corrected chi connectivity index (χ0v) is 13.1. The Morgan fingerprint density at radius 3 is 2.86 bits per heavy atom. The van der Waals surface area contributed by atoms with Crippen LogP contribution in [-0.2, 0) is 4.74 Å². The van der Waals surface area contributed by atoms with Crippen molar-refractivity contribution in [2.24, 2.45) is 0 Å². The lowest BCUT2D eigenvalue weighted by atomic mass is 10.2. The van der Waals surface area contributed by atoms with Crippen molar-refractivity contribution in [2.45, 2.75) is 13.3 Å². The van der Waals surface area contributed by atoms with E-state index in [1.807, 2.05) is 19.1 Å². The highest BCUT2D eigenvalue weighted by Crippen LogP contribution is 2.19. The maximum absolute atomic E-state index is 11.8. The summed E-state index contributed by atoms with van der Waals surface area (Å²) in [5.41, 5.74) is 1.70. The van der Waals surface area contributed by atoms with Crippen LogP contribution in [0.2, 0.25) is 5.02 Å². The fraction of sp³-hybridized carbons (Fsp3) is 0.533. The number of halogens is 1. The van der Waals surface area contributed by atoms with E-state index in [-0.39, 0.29) is 6.03 Å². The van der Waals surface area contributed by atoms with Gasteiger partial charge in [0.1, 0.15) is 0 Å². The van der Waals surface area contributed by atoms with Gasteiger partial charge in [-0.05, 0) is 37.6 Å². The highest BCUT2D eigenvalue weighted by atomic mass is 35.5. The van der Waals surface area contributed by atoms with Gasteiger partial charge >= 0.3 is 6.03 Å². The molecule has 0 radical (unpaired) electrons. The van der Waals surface area contributed by atoms with Crippen LogP contribution in [-0.4, -0.2) is 50.3 Å². The molecule has 116 valence electrons. The van der Waals surface area contributed by atoms with Gasteiger partial charge in [0.15, 0.2) is 0 Å². The Morgan fingerprint density at radius 2 is 2.14 bits per heavy atom. The molecule has 0 aromatic heterocycles. The number of hydrogen-bond acceptors (Lipinski definition) is 3. The molecule has 1 aliphatic heterocycles. The average Bonchev–Trinajstić information content (AvgIpc) is 2.49. The standard InChI is InChI=1S/C15H22ClN3O2/c1-12-3-4-13(11-14(12)16)18-15(20)17-5-2-6-19-7-9-21-10-8-19/h3-4,11H,2,5-10H2,1H3,(H2,17,18,20). The molecule has 1 fully saturated rings. The van der Waals surface area contributed by atoms with Gasteiger partial charge in [0.25, 0.3) is 0 Å². The van der Waals surface area contributed by atoms with Crippen molar-refractivity contribution in [3.63, 3.8) is 0 Å². The number of amides is 2. The van der Waals surface area contributed by atoms with Gasteiger partial charge < -0.3 is 15.4 Å². The third kappa shape index (κ3) is 5.53. The molecule has 5 nitrogen and oxygen atoms in total. The van der Waals surface area contributed by atoms with Crippen molar-refractivity contribution in [3.05, 3.63) is 28.8 Å². The molecule has 6 heteroatoms. The summed E-state index contributed by atoms with van der Waals surface area (Å²) in [6, 6.07) is 5.28. The Morgan fingerprint density at radius 1 is 1.38 bits per heavy atom. The molecule has 1 saturated heterocycles. The summed E-state index contributed by atoms with van der Waals surface area (Å²) < 4.78 is 5.30. The highest BCUT2D eigenvalue weighted by Gasteiger charge is 2.09. The van der Waals surface area contributed by atoms with E-state index in [9.17, 15) is 4.79 Å². The molecule has 1 heterocycles. The van der Waals surface area contributed by atoms with Crippen molar-refractivity contribution in [3.8, 4) is 0 Å². The van der Waals surface area contributed by atoms with Crippen LogP contribution in [0.3, 0.4) is 0 Å². The van der Waals surface area contributed by atoms with Crippen LogP contribution in [0.5, 0.6) is 0 Å². The van der Waals surface area contributed by atoms with Gasteiger partial charge in [-0.3, -0.25) is 4.90 Å². The molecule has 2 N–H and O–H groups in total. The lowest BCUT2D eigenvalue weighted by Gasteiger charge is -2.26. The molecule has 1 aliphatic rings. The molecule has 21 heavy (non-hydrogen) atoms. The summed E-state index contributed by atoms with van der Waals surface area (Å²) in [6.45, 7) is 7.15. The monoisotopic (exact) mass is 311 g/mol. The number of hydrogen-bond donors (Lipinski definition) is 2. The maximum Gasteiger partial charge on any atom is 0.319 e. The summed E-state index contributed by atoms with van der Waals surface area (Å²) >= 11 is 6.02. The SMILES string of the molecule is Cc1ccc(NC(=O)NCCCN2CCOCC2)cc1Cl. The molecule has 0 bridgehead atoms. The van der Waals surface area contributed by atoms with Crippen molar-refractivity contribution >= 4 is 23.3 Å². The van der Waals surface area contributed by atoms with Crippen molar-refractivity contribution in [2.75, 3.05) is 44.7 Å². The molecule has 1 aromatic rings. The van der Waals surface area contributed by atoms with Gasteiger partial charge in [-0.1, -0.05) is 17.7 Å². The van der Waals surface area contributed by atoms with Crippen LogP contribution in [0.15, 0.2) is 18.2 Å². The van der Waals surface area contributed by atoms with Crippen molar-refractivity contribution in [1.82, 2.24) is 10.2 Å². The van der Waals surface area contributed by atoms with Crippen LogP contribution in [0.1, 0.15) is 12.0 Å². The van der Waals surface area contributed by atoms with Crippen LogP contribution >= 0.6 is 11.6 Å². The van der Waals surface area contributed by atoms with Gasteiger partial charge in [0, 0.05) is 30.3 Å². The van der Waals surface area contributed by atoms with Crippen molar-refractivity contribution in [1.29, 1.82) is 0 Å². The first kappa shape index (κ1) is 16.1. The Hall–Kier alpha value is -1.30. The topological polar surface area (TPSA) is 53.6 Å². The number of morpholine rings is 1. The number of rotatable bonds is 5. The second-order valence-corrected chi connectivity index (χ2v) is 5.56. The van der Waals surface area contributed by atoms with E-state index in [4.69, 9.17) is 16.3 Å². The fourth-order valence-corrected chi connectivity index (χ4v) is 2.36. The number of carbonyl (C=O) groups excluding carboxylic acids is 1. The number of nitrogens with one attached hydrogen (secondary N) is 2. The minimum absolute atomic E-state index is 0.197. The number of nitrogens with zero attached hydrogens (tertiary/aromatic N) is 1. The van der Waals surface area contributed by atoms with Crippen LogP contribution in [0, 0.1) is 6.92 Å². The molecule has 0 spiro atoms. The minimum Gasteiger partial charge on any atom is -0.379 e. The number of aryl methyl sites for hydroxylation is 1. The molecule has 1 aromatic carbocycles. The molecule has 0 atom stereocenters. The number of urea groups is 1. The van der Waals surface area contributed by atoms with Gasteiger partial charge in [-0.25, -0.2) is 4.79 Å². The predicted molar refractivity (Wildman–Crippen MR) is 85.1 cm³/mol. The first-order valence-electron chi connectivity index (χ1n) is 7.26. The van der Waals surface area contributed by atoms with Gasteiger partial charge in [0.2, 0.25) is 0 Å². The smallest absolute Gasteiger partial charge is 0.319 e. The Bertz CT molecular complexity index is 476. The van der Waals surface area contributed by atoms with E-state index < -0.39 is 0 Å². The van der Waals surface area contributed by atoms with Crippen LogP contribution in [0.25, 0.3) is 0 Å². The van der Waals surface area contributed by atoms with E-state index in [1.54, 1.807) is 6.07 Å². The number of carbonyl (C=O) groups is 1. The molecular weight excluding hydrogens is 290 g/mol. The average molecular weight is 312 g/mol. The lowest BCUT2D eigenvalue weighted by Crippen LogP contribution is -2.38. The first-order chi connectivity index (χ1) is 10.1.